The number of carbonyl (C=O) groups is 1. The number of sulfonamides is 1. The molecule has 1 aliphatic heterocycles. The highest BCUT2D eigenvalue weighted by Gasteiger charge is 2.32. The van der Waals surface area contributed by atoms with Crippen LogP contribution in [0.3, 0.4) is 0 Å². The van der Waals surface area contributed by atoms with E-state index < -0.39 is 10.0 Å². The van der Waals surface area contributed by atoms with E-state index in [2.05, 4.69) is 17.6 Å². The van der Waals surface area contributed by atoms with E-state index in [4.69, 9.17) is 4.74 Å². The number of hydrogen-bond acceptors (Lipinski definition) is 5. The van der Waals surface area contributed by atoms with Gasteiger partial charge in [-0.15, -0.1) is 0 Å². The summed E-state index contributed by atoms with van der Waals surface area (Å²) in [6.07, 6.45) is 0.677. The Hall–Kier alpha value is -2.42. The second-order valence-corrected chi connectivity index (χ2v) is 9.49. The van der Waals surface area contributed by atoms with Crippen LogP contribution in [0.1, 0.15) is 26.3 Å². The second-order valence-electron chi connectivity index (χ2n) is 7.56. The summed E-state index contributed by atoms with van der Waals surface area (Å²) in [6.45, 7) is 6.60. The Bertz CT molecular complexity index is 949. The highest BCUT2D eigenvalue weighted by molar-refractivity contribution is 7.89. The minimum Gasteiger partial charge on any atom is -0.376 e. The summed E-state index contributed by atoms with van der Waals surface area (Å²) in [4.78, 5) is 12.4. The van der Waals surface area contributed by atoms with Gasteiger partial charge in [0.1, 0.15) is 0 Å². The zero-order valence-corrected chi connectivity index (χ0v) is 18.4. The molecule has 7 nitrogen and oxygen atoms in total. The maximum absolute atomic E-state index is 12.9. The number of benzene rings is 2. The monoisotopic (exact) mass is 431 g/mol. The quantitative estimate of drug-likeness (QED) is 0.703. The Kier molecular flexibility index (Phi) is 7.12. The fraction of sp³-hybridized carbons (Fsp3) is 0.409. The van der Waals surface area contributed by atoms with Crippen LogP contribution in [0.25, 0.3) is 0 Å². The average Bonchev–Trinajstić information content (AvgIpc) is 2.72. The van der Waals surface area contributed by atoms with Crippen LogP contribution in [0.2, 0.25) is 0 Å². The highest BCUT2D eigenvalue weighted by atomic mass is 32.2. The van der Waals surface area contributed by atoms with Crippen molar-refractivity contribution < 1.29 is 17.9 Å². The third-order valence-corrected chi connectivity index (χ3v) is 6.82. The van der Waals surface area contributed by atoms with Gasteiger partial charge in [0.05, 0.1) is 23.6 Å². The van der Waals surface area contributed by atoms with Crippen LogP contribution in [0.4, 0.5) is 11.4 Å². The molecule has 30 heavy (non-hydrogen) atoms. The van der Waals surface area contributed by atoms with Gasteiger partial charge in [-0.3, -0.25) is 4.79 Å². The summed E-state index contributed by atoms with van der Waals surface area (Å²) in [5, 5.41) is 5.85. The predicted molar refractivity (Wildman–Crippen MR) is 118 cm³/mol. The largest absolute Gasteiger partial charge is 0.376 e. The molecule has 0 bridgehead atoms. The van der Waals surface area contributed by atoms with Crippen LogP contribution < -0.4 is 10.6 Å². The van der Waals surface area contributed by atoms with Crippen LogP contribution in [-0.2, 0) is 26.0 Å². The molecule has 1 fully saturated rings. The summed E-state index contributed by atoms with van der Waals surface area (Å²) in [7, 11) is -3.60. The molecule has 3 rings (SSSR count). The first-order chi connectivity index (χ1) is 14.3. The normalized spacial score (nSPS) is 20.0. The van der Waals surface area contributed by atoms with Gasteiger partial charge >= 0.3 is 0 Å². The SMILES string of the molecule is CCc1ccc(NCC(=O)Nc2ccc(S(=O)(=O)N3CC(C)OC(C)C3)cc2)cc1. The van der Waals surface area contributed by atoms with E-state index in [1.807, 2.05) is 38.1 Å². The zero-order valence-electron chi connectivity index (χ0n) is 17.6. The first-order valence-electron chi connectivity index (χ1n) is 10.2. The van der Waals surface area contributed by atoms with Gasteiger partial charge < -0.3 is 15.4 Å². The van der Waals surface area contributed by atoms with Crippen molar-refractivity contribution in [1.82, 2.24) is 4.31 Å². The molecule has 1 saturated heterocycles. The van der Waals surface area contributed by atoms with Crippen molar-refractivity contribution in [3.63, 3.8) is 0 Å². The van der Waals surface area contributed by atoms with Gasteiger partial charge in [0.25, 0.3) is 0 Å². The Morgan fingerprint density at radius 3 is 2.13 bits per heavy atom. The summed E-state index contributed by atoms with van der Waals surface area (Å²) in [5.41, 5.74) is 2.66. The van der Waals surface area contributed by atoms with Crippen LogP contribution in [0.5, 0.6) is 0 Å². The molecule has 1 heterocycles. The first kappa shape index (κ1) is 22.3. The highest BCUT2D eigenvalue weighted by Crippen LogP contribution is 2.22. The lowest BCUT2D eigenvalue weighted by atomic mass is 10.1. The van der Waals surface area contributed by atoms with E-state index in [0.717, 1.165) is 12.1 Å². The topological polar surface area (TPSA) is 87.7 Å². The number of carbonyl (C=O) groups excluding carboxylic acids is 1. The van der Waals surface area contributed by atoms with E-state index in [-0.39, 0.29) is 29.6 Å². The Balaban J connectivity index is 1.57. The minimum absolute atomic E-state index is 0.120. The van der Waals surface area contributed by atoms with Gasteiger partial charge in [0, 0.05) is 24.5 Å². The molecule has 2 aromatic rings. The smallest absolute Gasteiger partial charge is 0.243 e. The molecule has 162 valence electrons. The minimum atomic E-state index is -3.60. The van der Waals surface area contributed by atoms with E-state index in [0.29, 0.717) is 18.8 Å². The maximum Gasteiger partial charge on any atom is 0.243 e. The number of rotatable bonds is 7. The standard InChI is InChI=1S/C22H29N3O4S/c1-4-18-5-7-19(8-6-18)23-13-22(26)24-20-9-11-21(12-10-20)30(27,28)25-14-16(2)29-17(3)15-25/h5-12,16-17,23H,4,13-15H2,1-3H3,(H,24,26). The second kappa shape index (κ2) is 9.59. The van der Waals surface area contributed by atoms with Crippen LogP contribution in [0.15, 0.2) is 53.4 Å². The molecule has 1 amide bonds. The van der Waals surface area contributed by atoms with Crippen molar-refractivity contribution in [2.24, 2.45) is 0 Å². The maximum atomic E-state index is 12.9. The number of ether oxygens (including phenoxy) is 1. The van der Waals surface area contributed by atoms with Gasteiger partial charge in [-0.05, 0) is 62.2 Å². The van der Waals surface area contributed by atoms with Crippen molar-refractivity contribution >= 4 is 27.3 Å². The fourth-order valence-corrected chi connectivity index (χ4v) is 5.02. The van der Waals surface area contributed by atoms with Gasteiger partial charge in [-0.2, -0.15) is 4.31 Å². The molecule has 2 N–H and O–H groups in total. The molecule has 0 aromatic heterocycles. The number of morpholine rings is 1. The molecular weight excluding hydrogens is 402 g/mol. The molecule has 0 saturated carbocycles. The fourth-order valence-electron chi connectivity index (χ4n) is 3.43. The molecule has 0 spiro atoms. The zero-order chi connectivity index (χ0) is 21.7. The third kappa shape index (κ3) is 5.59. The molecule has 2 aromatic carbocycles. The Morgan fingerprint density at radius 2 is 1.57 bits per heavy atom. The summed E-state index contributed by atoms with van der Waals surface area (Å²) in [5.74, 6) is -0.207. The van der Waals surface area contributed by atoms with Crippen molar-refractivity contribution in [2.45, 2.75) is 44.3 Å². The molecule has 1 aliphatic rings. The van der Waals surface area contributed by atoms with Crippen LogP contribution in [-0.4, -0.2) is 50.5 Å². The van der Waals surface area contributed by atoms with E-state index in [9.17, 15) is 13.2 Å². The third-order valence-electron chi connectivity index (χ3n) is 4.98. The number of hydrogen-bond donors (Lipinski definition) is 2. The lowest BCUT2D eigenvalue weighted by Gasteiger charge is -2.34. The average molecular weight is 432 g/mol. The van der Waals surface area contributed by atoms with E-state index in [1.54, 1.807) is 12.1 Å². The number of nitrogens with one attached hydrogen (secondary N) is 2. The molecule has 8 heteroatoms. The predicted octanol–water partition coefficient (Wildman–Crippen LogP) is 3.10. The van der Waals surface area contributed by atoms with E-state index >= 15 is 0 Å². The lowest BCUT2D eigenvalue weighted by molar-refractivity contribution is -0.114. The summed E-state index contributed by atoms with van der Waals surface area (Å²) < 4.78 is 32.8. The van der Waals surface area contributed by atoms with Gasteiger partial charge in [0.15, 0.2) is 0 Å². The van der Waals surface area contributed by atoms with E-state index in [1.165, 1.54) is 22.0 Å². The van der Waals surface area contributed by atoms with Gasteiger partial charge in [-0.1, -0.05) is 19.1 Å². The number of nitrogens with zero attached hydrogens (tertiary/aromatic N) is 1. The number of anilines is 2. The molecular formula is C22H29N3O4S. The van der Waals surface area contributed by atoms with Crippen LogP contribution in [0, 0.1) is 0 Å². The molecule has 0 aliphatic carbocycles. The summed E-state index contributed by atoms with van der Waals surface area (Å²) >= 11 is 0. The summed E-state index contributed by atoms with van der Waals surface area (Å²) in [6, 6.07) is 14.2. The van der Waals surface area contributed by atoms with Crippen molar-refractivity contribution in [2.75, 3.05) is 30.3 Å². The van der Waals surface area contributed by atoms with Crippen molar-refractivity contribution in [3.05, 3.63) is 54.1 Å². The number of amides is 1. The molecule has 2 unspecified atom stereocenters. The van der Waals surface area contributed by atoms with Crippen LogP contribution >= 0.6 is 0 Å². The van der Waals surface area contributed by atoms with Crippen molar-refractivity contribution in [1.29, 1.82) is 0 Å². The molecule has 0 radical (unpaired) electrons. The number of aryl methyl sites for hydroxylation is 1. The van der Waals surface area contributed by atoms with Gasteiger partial charge in [0.2, 0.25) is 15.9 Å². The first-order valence-corrected chi connectivity index (χ1v) is 11.6. The van der Waals surface area contributed by atoms with Crippen molar-refractivity contribution in [3.8, 4) is 0 Å². The Labute approximate surface area is 178 Å². The molecule has 2 atom stereocenters. The lowest BCUT2D eigenvalue weighted by Crippen LogP contribution is -2.48. The van der Waals surface area contributed by atoms with Gasteiger partial charge in [-0.25, -0.2) is 8.42 Å². The Morgan fingerprint density at radius 1 is 1.00 bits per heavy atom.